The summed E-state index contributed by atoms with van der Waals surface area (Å²) in [5, 5.41) is 3.88. The Morgan fingerprint density at radius 1 is 1.20 bits per heavy atom. The molecule has 0 bridgehead atoms. The van der Waals surface area contributed by atoms with Gasteiger partial charge in [-0.25, -0.2) is 0 Å². The summed E-state index contributed by atoms with van der Waals surface area (Å²) in [6.45, 7) is 7.91. The smallest absolute Gasteiger partial charge is 0.0544 e. The van der Waals surface area contributed by atoms with Gasteiger partial charge < -0.3 is 5.32 Å². The van der Waals surface area contributed by atoms with E-state index < -0.39 is 0 Å². The Bertz CT molecular complexity index is 435. The van der Waals surface area contributed by atoms with Gasteiger partial charge in [0.2, 0.25) is 0 Å². The minimum Gasteiger partial charge on any atom is -0.308 e. The van der Waals surface area contributed by atoms with Crippen molar-refractivity contribution >= 4 is 0 Å². The molecule has 1 aliphatic carbocycles. The quantitative estimate of drug-likeness (QED) is 0.898. The molecule has 0 aromatic carbocycles. The van der Waals surface area contributed by atoms with E-state index in [0.717, 1.165) is 19.6 Å². The molecule has 3 heteroatoms. The van der Waals surface area contributed by atoms with Gasteiger partial charge in [-0.2, -0.15) is 0 Å². The van der Waals surface area contributed by atoms with Gasteiger partial charge in [0.25, 0.3) is 0 Å². The van der Waals surface area contributed by atoms with E-state index in [-0.39, 0.29) is 5.54 Å². The summed E-state index contributed by atoms with van der Waals surface area (Å²) < 4.78 is 0. The van der Waals surface area contributed by atoms with Gasteiger partial charge in [0, 0.05) is 36.9 Å². The number of pyridine rings is 1. The van der Waals surface area contributed by atoms with Gasteiger partial charge in [0.05, 0.1) is 5.69 Å². The Morgan fingerprint density at radius 2 is 2.00 bits per heavy atom. The van der Waals surface area contributed by atoms with Gasteiger partial charge in [-0.15, -0.1) is 0 Å². The van der Waals surface area contributed by atoms with Gasteiger partial charge >= 0.3 is 0 Å². The SMILES string of the molecule is CC1(C)CNC2(CCCCC2)CN1Cc1ccccn1. The number of nitrogens with zero attached hydrogens (tertiary/aromatic N) is 2. The van der Waals surface area contributed by atoms with Crippen molar-refractivity contribution in [3.63, 3.8) is 0 Å². The van der Waals surface area contributed by atoms with Crippen LogP contribution in [0.1, 0.15) is 51.6 Å². The summed E-state index contributed by atoms with van der Waals surface area (Å²) in [6, 6.07) is 6.23. The largest absolute Gasteiger partial charge is 0.308 e. The van der Waals surface area contributed by atoms with E-state index in [1.165, 1.54) is 37.8 Å². The fraction of sp³-hybridized carbons (Fsp3) is 0.706. The molecule has 110 valence electrons. The molecule has 0 unspecified atom stereocenters. The van der Waals surface area contributed by atoms with Crippen molar-refractivity contribution in [2.45, 2.75) is 63.6 Å². The molecule has 1 saturated heterocycles. The molecule has 2 heterocycles. The van der Waals surface area contributed by atoms with Gasteiger partial charge in [0.15, 0.2) is 0 Å². The zero-order valence-corrected chi connectivity index (χ0v) is 12.9. The third-order valence-corrected chi connectivity index (χ3v) is 5.14. The monoisotopic (exact) mass is 273 g/mol. The lowest BCUT2D eigenvalue weighted by atomic mass is 9.77. The van der Waals surface area contributed by atoms with Crippen molar-refractivity contribution in [1.29, 1.82) is 0 Å². The zero-order valence-electron chi connectivity index (χ0n) is 12.9. The third-order valence-electron chi connectivity index (χ3n) is 5.14. The Morgan fingerprint density at radius 3 is 2.70 bits per heavy atom. The van der Waals surface area contributed by atoms with E-state index in [4.69, 9.17) is 0 Å². The van der Waals surface area contributed by atoms with Gasteiger partial charge in [0.1, 0.15) is 0 Å². The second-order valence-electron chi connectivity index (χ2n) is 7.18. The second kappa shape index (κ2) is 5.45. The lowest BCUT2D eigenvalue weighted by molar-refractivity contribution is 0.00406. The lowest BCUT2D eigenvalue weighted by Crippen LogP contribution is -2.68. The van der Waals surface area contributed by atoms with Crippen LogP contribution in [0, 0.1) is 0 Å². The van der Waals surface area contributed by atoms with E-state index in [0.29, 0.717) is 5.54 Å². The fourth-order valence-electron chi connectivity index (χ4n) is 3.67. The molecule has 20 heavy (non-hydrogen) atoms. The van der Waals surface area contributed by atoms with Crippen molar-refractivity contribution < 1.29 is 0 Å². The van der Waals surface area contributed by atoms with Crippen LogP contribution < -0.4 is 5.32 Å². The average molecular weight is 273 g/mol. The predicted octanol–water partition coefficient (Wildman–Crippen LogP) is 2.97. The summed E-state index contributed by atoms with van der Waals surface area (Å²) in [4.78, 5) is 7.15. The summed E-state index contributed by atoms with van der Waals surface area (Å²) in [5.41, 5.74) is 1.76. The third kappa shape index (κ3) is 2.89. The molecule has 1 spiro atoms. The molecule has 0 amide bonds. The van der Waals surface area contributed by atoms with Gasteiger partial charge in [-0.05, 0) is 38.8 Å². The molecule has 1 N–H and O–H groups in total. The average Bonchev–Trinajstić information content (AvgIpc) is 2.46. The molecular formula is C17H27N3. The van der Waals surface area contributed by atoms with Crippen LogP contribution in [0.2, 0.25) is 0 Å². The first-order valence-corrected chi connectivity index (χ1v) is 8.00. The van der Waals surface area contributed by atoms with Crippen LogP contribution in [0.25, 0.3) is 0 Å². The Labute approximate surface area is 122 Å². The maximum Gasteiger partial charge on any atom is 0.0544 e. The minimum absolute atomic E-state index is 0.209. The molecule has 0 atom stereocenters. The van der Waals surface area contributed by atoms with E-state index in [1.54, 1.807) is 0 Å². The highest BCUT2D eigenvalue weighted by Crippen LogP contribution is 2.35. The first-order valence-electron chi connectivity index (χ1n) is 8.00. The highest BCUT2D eigenvalue weighted by Gasteiger charge is 2.43. The maximum absolute atomic E-state index is 4.51. The number of hydrogen-bond acceptors (Lipinski definition) is 3. The molecule has 2 aliphatic rings. The summed E-state index contributed by atoms with van der Waals surface area (Å²) >= 11 is 0. The normalized spacial score (nSPS) is 25.7. The molecule has 1 aromatic rings. The van der Waals surface area contributed by atoms with E-state index in [9.17, 15) is 0 Å². The Hall–Kier alpha value is -0.930. The van der Waals surface area contributed by atoms with Gasteiger partial charge in [-0.1, -0.05) is 25.3 Å². The number of nitrogens with one attached hydrogen (secondary N) is 1. The zero-order chi connectivity index (χ0) is 14.1. The number of piperazine rings is 1. The van der Waals surface area contributed by atoms with Crippen LogP contribution >= 0.6 is 0 Å². The van der Waals surface area contributed by atoms with Crippen LogP contribution in [0.5, 0.6) is 0 Å². The molecule has 1 aliphatic heterocycles. The molecule has 3 nitrogen and oxygen atoms in total. The maximum atomic E-state index is 4.51. The van der Waals surface area contributed by atoms with E-state index in [1.807, 2.05) is 12.3 Å². The first-order chi connectivity index (χ1) is 9.60. The number of aromatic nitrogens is 1. The Balaban J connectivity index is 1.75. The molecule has 1 aromatic heterocycles. The van der Waals surface area contributed by atoms with Crippen LogP contribution in [0.3, 0.4) is 0 Å². The number of rotatable bonds is 2. The van der Waals surface area contributed by atoms with Gasteiger partial charge in [-0.3, -0.25) is 9.88 Å². The van der Waals surface area contributed by atoms with E-state index >= 15 is 0 Å². The molecule has 3 rings (SSSR count). The molecule has 1 saturated carbocycles. The van der Waals surface area contributed by atoms with Crippen LogP contribution in [-0.4, -0.2) is 34.1 Å². The lowest BCUT2D eigenvalue weighted by Gasteiger charge is -2.53. The molecule has 0 radical (unpaired) electrons. The first kappa shape index (κ1) is 14.0. The Kier molecular flexibility index (Phi) is 3.83. The highest BCUT2D eigenvalue weighted by molar-refractivity contribution is 5.08. The predicted molar refractivity (Wildman–Crippen MR) is 82.5 cm³/mol. The topological polar surface area (TPSA) is 28.2 Å². The summed E-state index contributed by atoms with van der Waals surface area (Å²) in [5.74, 6) is 0. The summed E-state index contributed by atoms with van der Waals surface area (Å²) in [6.07, 6.45) is 8.74. The molecular weight excluding hydrogens is 246 g/mol. The molecule has 2 fully saturated rings. The standard InChI is InChI=1S/C17H27N3/c1-16(2)13-19-17(9-5-3-6-10-17)14-20(16)12-15-8-4-7-11-18-15/h4,7-8,11,19H,3,5-6,9-10,12-14H2,1-2H3. The minimum atomic E-state index is 0.209. The number of hydrogen-bond donors (Lipinski definition) is 1. The van der Waals surface area contributed by atoms with Crippen LogP contribution in [-0.2, 0) is 6.54 Å². The van der Waals surface area contributed by atoms with Crippen molar-refractivity contribution in [2.24, 2.45) is 0 Å². The fourth-order valence-corrected chi connectivity index (χ4v) is 3.67. The van der Waals surface area contributed by atoms with Crippen molar-refractivity contribution in [3.05, 3.63) is 30.1 Å². The highest BCUT2D eigenvalue weighted by atomic mass is 15.3. The second-order valence-corrected chi connectivity index (χ2v) is 7.18. The summed E-state index contributed by atoms with van der Waals surface area (Å²) in [7, 11) is 0. The van der Waals surface area contributed by atoms with Crippen molar-refractivity contribution in [1.82, 2.24) is 15.2 Å². The van der Waals surface area contributed by atoms with Crippen LogP contribution in [0.4, 0.5) is 0 Å². The van der Waals surface area contributed by atoms with Crippen molar-refractivity contribution in [3.8, 4) is 0 Å². The van der Waals surface area contributed by atoms with Crippen LogP contribution in [0.15, 0.2) is 24.4 Å². The van der Waals surface area contributed by atoms with Crippen molar-refractivity contribution in [2.75, 3.05) is 13.1 Å². The van der Waals surface area contributed by atoms with E-state index in [2.05, 4.69) is 41.2 Å².